The summed E-state index contributed by atoms with van der Waals surface area (Å²) in [6, 6.07) is 5.95. The van der Waals surface area contributed by atoms with Crippen molar-refractivity contribution < 1.29 is 4.74 Å². The predicted octanol–water partition coefficient (Wildman–Crippen LogP) is 2.22. The molecule has 0 atom stereocenters. The van der Waals surface area contributed by atoms with E-state index in [0.717, 1.165) is 37.7 Å². The number of nitrogen functional groups attached to an aromatic ring is 1. The predicted molar refractivity (Wildman–Crippen MR) is 92.1 cm³/mol. The van der Waals surface area contributed by atoms with Crippen molar-refractivity contribution in [2.24, 2.45) is 0 Å². The molecule has 1 aromatic carbocycles. The lowest BCUT2D eigenvalue weighted by molar-refractivity contribution is 0.312. The Morgan fingerprint density at radius 3 is 2.48 bits per heavy atom. The number of likely N-dealkylation sites (N-methyl/N-ethyl adjacent to an activating group) is 1. The Kier molecular flexibility index (Phi) is 4.34. The topological polar surface area (TPSA) is 67.5 Å². The van der Waals surface area contributed by atoms with Gasteiger partial charge in [-0.15, -0.1) is 0 Å². The van der Waals surface area contributed by atoms with Crippen LogP contribution in [0.5, 0.6) is 11.6 Å². The van der Waals surface area contributed by atoms with Crippen LogP contribution in [0, 0.1) is 13.8 Å². The van der Waals surface area contributed by atoms with Crippen molar-refractivity contribution in [2.45, 2.75) is 13.8 Å². The van der Waals surface area contributed by atoms with Gasteiger partial charge in [-0.3, -0.25) is 0 Å². The lowest BCUT2D eigenvalue weighted by Crippen LogP contribution is -2.45. The monoisotopic (exact) mass is 313 g/mol. The van der Waals surface area contributed by atoms with Gasteiger partial charge in [0.05, 0.1) is 0 Å². The zero-order valence-corrected chi connectivity index (χ0v) is 13.9. The third-order valence-electron chi connectivity index (χ3n) is 4.32. The number of benzene rings is 1. The van der Waals surface area contributed by atoms with Gasteiger partial charge in [0.1, 0.15) is 17.8 Å². The van der Waals surface area contributed by atoms with E-state index >= 15 is 0 Å². The van der Waals surface area contributed by atoms with Crippen LogP contribution in [-0.4, -0.2) is 48.1 Å². The summed E-state index contributed by atoms with van der Waals surface area (Å²) in [4.78, 5) is 13.0. The van der Waals surface area contributed by atoms with Gasteiger partial charge in [0.15, 0.2) is 5.82 Å². The van der Waals surface area contributed by atoms with Gasteiger partial charge < -0.3 is 20.3 Å². The lowest BCUT2D eigenvalue weighted by Gasteiger charge is -2.33. The molecule has 0 radical (unpaired) electrons. The first-order chi connectivity index (χ1) is 11.0. The van der Waals surface area contributed by atoms with Crippen molar-refractivity contribution in [1.82, 2.24) is 14.9 Å². The molecule has 0 spiro atoms. The molecule has 23 heavy (non-hydrogen) atoms. The molecular formula is C17H23N5O. The summed E-state index contributed by atoms with van der Waals surface area (Å²) in [6.45, 7) is 7.93. The molecule has 2 aromatic rings. The summed E-state index contributed by atoms with van der Waals surface area (Å²) in [5.41, 5.74) is 9.16. The first kappa shape index (κ1) is 15.6. The summed E-state index contributed by atoms with van der Waals surface area (Å²) < 4.78 is 5.88. The number of ether oxygens (including phenoxy) is 1. The number of nitrogens with two attached hydrogens (primary N) is 1. The highest BCUT2D eigenvalue weighted by Gasteiger charge is 2.20. The lowest BCUT2D eigenvalue weighted by atomic mass is 10.1. The van der Waals surface area contributed by atoms with Crippen LogP contribution in [0.1, 0.15) is 11.1 Å². The highest BCUT2D eigenvalue weighted by molar-refractivity contribution is 5.68. The Morgan fingerprint density at radius 2 is 1.78 bits per heavy atom. The van der Waals surface area contributed by atoms with Gasteiger partial charge in [-0.1, -0.05) is 6.07 Å². The zero-order chi connectivity index (χ0) is 16.4. The maximum atomic E-state index is 6.26. The number of rotatable bonds is 3. The molecule has 3 rings (SSSR count). The van der Waals surface area contributed by atoms with Crippen LogP contribution in [0.4, 0.5) is 11.5 Å². The molecule has 6 heteroatoms. The molecule has 0 amide bonds. The largest absolute Gasteiger partial charge is 0.437 e. The molecule has 122 valence electrons. The normalized spacial score (nSPS) is 15.7. The van der Waals surface area contributed by atoms with E-state index in [9.17, 15) is 0 Å². The standard InChI is InChI=1S/C17H23N5O/c1-12-4-5-14(10-13(12)2)23-17-15(18)16(19-11-20-17)22-8-6-21(3)7-9-22/h4-5,10-11H,6-9,18H2,1-3H3. The minimum atomic E-state index is 0.414. The van der Waals surface area contributed by atoms with Crippen molar-refractivity contribution >= 4 is 11.5 Å². The maximum Gasteiger partial charge on any atom is 0.248 e. The van der Waals surface area contributed by atoms with E-state index in [2.05, 4.69) is 40.7 Å². The average molecular weight is 313 g/mol. The second-order valence-electron chi connectivity index (χ2n) is 6.05. The van der Waals surface area contributed by atoms with Gasteiger partial charge in [-0.2, -0.15) is 4.98 Å². The van der Waals surface area contributed by atoms with Crippen molar-refractivity contribution in [3.63, 3.8) is 0 Å². The van der Waals surface area contributed by atoms with Gasteiger partial charge in [-0.25, -0.2) is 4.98 Å². The Hall–Kier alpha value is -2.34. The Bertz CT molecular complexity index is 695. The summed E-state index contributed by atoms with van der Waals surface area (Å²) in [6.07, 6.45) is 1.51. The van der Waals surface area contributed by atoms with E-state index in [1.54, 1.807) is 0 Å². The third kappa shape index (κ3) is 3.37. The number of piperazine rings is 1. The molecule has 0 bridgehead atoms. The van der Waals surface area contributed by atoms with Crippen LogP contribution in [0.25, 0.3) is 0 Å². The van der Waals surface area contributed by atoms with Crippen LogP contribution < -0.4 is 15.4 Å². The van der Waals surface area contributed by atoms with Crippen LogP contribution in [0.3, 0.4) is 0 Å². The van der Waals surface area contributed by atoms with Crippen LogP contribution >= 0.6 is 0 Å². The number of hydrogen-bond donors (Lipinski definition) is 1. The van der Waals surface area contributed by atoms with Crippen LogP contribution in [0.15, 0.2) is 24.5 Å². The molecule has 1 aliphatic heterocycles. The fourth-order valence-electron chi connectivity index (χ4n) is 2.61. The average Bonchev–Trinajstić information content (AvgIpc) is 2.54. The van der Waals surface area contributed by atoms with E-state index < -0.39 is 0 Å². The fraction of sp³-hybridized carbons (Fsp3) is 0.412. The van der Waals surface area contributed by atoms with E-state index in [0.29, 0.717) is 11.6 Å². The van der Waals surface area contributed by atoms with E-state index in [1.807, 2.05) is 18.2 Å². The second kappa shape index (κ2) is 6.42. The Labute approximate surface area is 136 Å². The SMILES string of the molecule is Cc1ccc(Oc2ncnc(N3CCN(C)CC3)c2N)cc1C. The van der Waals surface area contributed by atoms with Gasteiger partial charge in [0.2, 0.25) is 5.88 Å². The molecular weight excluding hydrogens is 290 g/mol. The Balaban J connectivity index is 1.83. The molecule has 0 aliphatic carbocycles. The fourth-order valence-corrected chi connectivity index (χ4v) is 2.61. The van der Waals surface area contributed by atoms with Crippen molar-refractivity contribution in [3.05, 3.63) is 35.7 Å². The van der Waals surface area contributed by atoms with E-state index in [1.165, 1.54) is 17.5 Å². The molecule has 1 aromatic heterocycles. The number of aryl methyl sites for hydroxylation is 2. The molecule has 1 fully saturated rings. The van der Waals surface area contributed by atoms with Gasteiger partial charge in [-0.05, 0) is 44.2 Å². The quantitative estimate of drug-likeness (QED) is 0.937. The van der Waals surface area contributed by atoms with Crippen LogP contribution in [0.2, 0.25) is 0 Å². The third-order valence-corrected chi connectivity index (χ3v) is 4.32. The Morgan fingerprint density at radius 1 is 1.04 bits per heavy atom. The van der Waals surface area contributed by atoms with Gasteiger partial charge in [0.25, 0.3) is 0 Å². The summed E-state index contributed by atoms with van der Waals surface area (Å²) >= 11 is 0. The summed E-state index contributed by atoms with van der Waals surface area (Å²) in [5, 5.41) is 0. The minimum Gasteiger partial charge on any atom is -0.437 e. The number of nitrogens with zero attached hydrogens (tertiary/aromatic N) is 4. The molecule has 0 saturated carbocycles. The van der Waals surface area contributed by atoms with Crippen LogP contribution in [-0.2, 0) is 0 Å². The molecule has 1 saturated heterocycles. The second-order valence-corrected chi connectivity index (χ2v) is 6.05. The smallest absolute Gasteiger partial charge is 0.248 e. The summed E-state index contributed by atoms with van der Waals surface area (Å²) in [5.74, 6) is 1.91. The van der Waals surface area contributed by atoms with Gasteiger partial charge >= 0.3 is 0 Å². The molecule has 6 nitrogen and oxygen atoms in total. The highest BCUT2D eigenvalue weighted by atomic mass is 16.5. The molecule has 1 aliphatic rings. The first-order valence-electron chi connectivity index (χ1n) is 7.83. The summed E-state index contributed by atoms with van der Waals surface area (Å²) in [7, 11) is 2.12. The molecule has 2 heterocycles. The number of anilines is 2. The number of hydrogen-bond acceptors (Lipinski definition) is 6. The highest BCUT2D eigenvalue weighted by Crippen LogP contribution is 2.32. The minimum absolute atomic E-state index is 0.414. The van der Waals surface area contributed by atoms with Crippen molar-refractivity contribution in [3.8, 4) is 11.6 Å². The molecule has 2 N–H and O–H groups in total. The zero-order valence-electron chi connectivity index (χ0n) is 13.9. The molecule has 0 unspecified atom stereocenters. The van der Waals surface area contributed by atoms with E-state index in [4.69, 9.17) is 10.5 Å². The van der Waals surface area contributed by atoms with Crippen molar-refractivity contribution in [1.29, 1.82) is 0 Å². The number of aromatic nitrogens is 2. The maximum absolute atomic E-state index is 6.26. The first-order valence-corrected chi connectivity index (χ1v) is 7.83. The van der Waals surface area contributed by atoms with E-state index in [-0.39, 0.29) is 0 Å². The van der Waals surface area contributed by atoms with Gasteiger partial charge in [0, 0.05) is 26.2 Å². The van der Waals surface area contributed by atoms with Crippen molar-refractivity contribution in [2.75, 3.05) is 43.9 Å².